The summed E-state index contributed by atoms with van der Waals surface area (Å²) < 4.78 is 0. The number of amides is 4. The lowest BCUT2D eigenvalue weighted by molar-refractivity contribution is -0.142. The Balaban J connectivity index is 3.12. The lowest BCUT2D eigenvalue weighted by Gasteiger charge is -2.24. The molecule has 192 valence electrons. The Morgan fingerprint density at radius 3 is 1.86 bits per heavy atom. The highest BCUT2D eigenvalue weighted by Gasteiger charge is 2.30. The van der Waals surface area contributed by atoms with Gasteiger partial charge in [-0.15, -0.1) is 0 Å². The summed E-state index contributed by atoms with van der Waals surface area (Å²) >= 11 is 0. The van der Waals surface area contributed by atoms with Crippen molar-refractivity contribution in [3.8, 4) is 5.75 Å². The van der Waals surface area contributed by atoms with Crippen LogP contribution < -0.4 is 27.4 Å². The molecule has 0 radical (unpaired) electrons. The van der Waals surface area contributed by atoms with Crippen molar-refractivity contribution >= 4 is 35.6 Å². The predicted molar refractivity (Wildman–Crippen MR) is 120 cm³/mol. The number of phenolic OH excluding ortho intramolecular Hbond substituents is 1. The van der Waals surface area contributed by atoms with Crippen LogP contribution in [-0.2, 0) is 35.2 Å². The third kappa shape index (κ3) is 11.0. The number of nitrogens with two attached hydrogens (primary N) is 2. The highest BCUT2D eigenvalue weighted by molar-refractivity contribution is 5.94. The minimum Gasteiger partial charge on any atom is -0.508 e. The Hall–Kier alpha value is -4.20. The van der Waals surface area contributed by atoms with Crippen LogP contribution in [0.1, 0.15) is 31.2 Å². The molecular weight excluding hydrogens is 466 g/mol. The maximum absolute atomic E-state index is 12.9. The highest BCUT2D eigenvalue weighted by Crippen LogP contribution is 2.12. The van der Waals surface area contributed by atoms with Gasteiger partial charge in [0.25, 0.3) is 0 Å². The van der Waals surface area contributed by atoms with Crippen molar-refractivity contribution < 1.29 is 44.1 Å². The van der Waals surface area contributed by atoms with E-state index in [1.54, 1.807) is 0 Å². The topological polar surface area (TPSA) is 251 Å². The van der Waals surface area contributed by atoms with E-state index in [0.29, 0.717) is 5.56 Å². The van der Waals surface area contributed by atoms with Crippen LogP contribution >= 0.6 is 0 Å². The van der Waals surface area contributed by atoms with Crippen molar-refractivity contribution in [2.45, 2.75) is 50.2 Å². The first-order valence-corrected chi connectivity index (χ1v) is 10.5. The summed E-state index contributed by atoms with van der Waals surface area (Å²) in [6.45, 7) is -0.464. The minimum absolute atomic E-state index is 0.0468. The van der Waals surface area contributed by atoms with Crippen LogP contribution in [0.3, 0.4) is 0 Å². The zero-order valence-corrected chi connectivity index (χ0v) is 18.7. The lowest BCUT2D eigenvalue weighted by atomic mass is 10.0. The summed E-state index contributed by atoms with van der Waals surface area (Å²) in [5.41, 5.74) is 10.8. The Kier molecular flexibility index (Phi) is 11.7. The average molecular weight is 495 g/mol. The molecule has 10 N–H and O–H groups in total. The Labute approximate surface area is 200 Å². The van der Waals surface area contributed by atoms with Crippen molar-refractivity contribution in [1.29, 1.82) is 0 Å². The van der Waals surface area contributed by atoms with Gasteiger partial charge in [0.15, 0.2) is 0 Å². The second-order valence-electron chi connectivity index (χ2n) is 7.59. The number of hydrogen-bond donors (Lipinski definition) is 8. The van der Waals surface area contributed by atoms with Gasteiger partial charge in [-0.25, -0.2) is 4.79 Å². The molecular formula is C21H29N5O9. The SMILES string of the molecule is NCC(=O)NC(CCC(=O)O)C(=O)NC(Cc1ccc(O)cc1)C(=O)NC(CCC(N)=O)C(=O)O. The number of aliphatic carboxylic acids is 2. The highest BCUT2D eigenvalue weighted by atomic mass is 16.4. The van der Waals surface area contributed by atoms with Crippen molar-refractivity contribution in [3.63, 3.8) is 0 Å². The molecule has 14 heteroatoms. The minimum atomic E-state index is -1.48. The van der Waals surface area contributed by atoms with Crippen molar-refractivity contribution in [2.75, 3.05) is 6.54 Å². The molecule has 0 aliphatic carbocycles. The summed E-state index contributed by atoms with van der Waals surface area (Å²) in [5, 5.41) is 34.7. The zero-order valence-electron chi connectivity index (χ0n) is 18.7. The molecule has 0 saturated heterocycles. The normalized spacial score (nSPS) is 13.1. The summed E-state index contributed by atoms with van der Waals surface area (Å²) in [5.74, 6) is -5.99. The smallest absolute Gasteiger partial charge is 0.326 e. The number of nitrogens with one attached hydrogen (secondary N) is 3. The number of carboxylic acids is 2. The number of aromatic hydroxyl groups is 1. The van der Waals surface area contributed by atoms with Crippen LogP contribution in [0.5, 0.6) is 5.75 Å². The molecule has 0 saturated carbocycles. The standard InChI is InChI=1S/C21H29N5O9/c22-10-17(29)24-13(6-8-18(30)31)19(32)26-15(9-11-1-3-12(27)4-2-11)20(33)25-14(21(34)35)5-7-16(23)28/h1-4,13-15,27H,5-10,22H2,(H2,23,28)(H,24,29)(H,25,33)(H,26,32)(H,30,31)(H,34,35). The van der Waals surface area contributed by atoms with Crippen LogP contribution in [0.2, 0.25) is 0 Å². The lowest BCUT2D eigenvalue weighted by Crippen LogP contribution is -2.57. The second-order valence-corrected chi connectivity index (χ2v) is 7.59. The molecule has 14 nitrogen and oxygen atoms in total. The average Bonchev–Trinajstić information content (AvgIpc) is 2.79. The van der Waals surface area contributed by atoms with Crippen molar-refractivity contribution in [1.82, 2.24) is 16.0 Å². The van der Waals surface area contributed by atoms with E-state index in [0.717, 1.165) is 0 Å². The zero-order chi connectivity index (χ0) is 26.5. The van der Waals surface area contributed by atoms with Gasteiger partial charge in [-0.2, -0.15) is 0 Å². The Morgan fingerprint density at radius 2 is 1.34 bits per heavy atom. The van der Waals surface area contributed by atoms with E-state index in [-0.39, 0.29) is 31.4 Å². The van der Waals surface area contributed by atoms with Crippen molar-refractivity contribution in [2.24, 2.45) is 11.5 Å². The van der Waals surface area contributed by atoms with Gasteiger partial charge in [0.1, 0.15) is 23.9 Å². The van der Waals surface area contributed by atoms with E-state index in [9.17, 15) is 39.0 Å². The van der Waals surface area contributed by atoms with E-state index in [4.69, 9.17) is 16.6 Å². The third-order valence-electron chi connectivity index (χ3n) is 4.79. The predicted octanol–water partition coefficient (Wildman–Crippen LogP) is -2.44. The third-order valence-corrected chi connectivity index (χ3v) is 4.79. The molecule has 0 aliphatic heterocycles. The van der Waals surface area contributed by atoms with Gasteiger partial charge in [-0.1, -0.05) is 12.1 Å². The maximum atomic E-state index is 12.9. The summed E-state index contributed by atoms with van der Waals surface area (Å²) in [6, 6.07) is 1.47. The van der Waals surface area contributed by atoms with Gasteiger partial charge in [-0.05, 0) is 30.5 Å². The molecule has 0 spiro atoms. The first-order chi connectivity index (χ1) is 16.4. The maximum Gasteiger partial charge on any atom is 0.326 e. The molecule has 3 unspecified atom stereocenters. The number of rotatable bonds is 15. The van der Waals surface area contributed by atoms with Gasteiger partial charge < -0.3 is 42.7 Å². The second kappa shape index (κ2) is 14.1. The number of primary amides is 1. The molecule has 3 atom stereocenters. The molecule has 0 fully saturated rings. The quantitative estimate of drug-likeness (QED) is 0.128. The van der Waals surface area contributed by atoms with Gasteiger partial charge in [0.2, 0.25) is 23.6 Å². The van der Waals surface area contributed by atoms with E-state index in [1.165, 1.54) is 24.3 Å². The molecule has 4 amide bonds. The molecule has 0 heterocycles. The monoisotopic (exact) mass is 495 g/mol. The van der Waals surface area contributed by atoms with Crippen LogP contribution in [0.15, 0.2) is 24.3 Å². The van der Waals surface area contributed by atoms with Crippen LogP contribution in [0.25, 0.3) is 0 Å². The van der Waals surface area contributed by atoms with Crippen molar-refractivity contribution in [3.05, 3.63) is 29.8 Å². The molecule has 1 rings (SSSR count). The number of carboxylic acid groups (broad SMARTS) is 2. The Bertz CT molecular complexity index is 936. The molecule has 0 aliphatic rings. The molecule has 1 aromatic carbocycles. The summed E-state index contributed by atoms with van der Waals surface area (Å²) in [4.78, 5) is 70.9. The van der Waals surface area contributed by atoms with E-state index in [1.807, 2.05) is 0 Å². The largest absolute Gasteiger partial charge is 0.508 e. The van der Waals surface area contributed by atoms with Gasteiger partial charge in [0, 0.05) is 19.3 Å². The van der Waals surface area contributed by atoms with E-state index in [2.05, 4.69) is 16.0 Å². The summed E-state index contributed by atoms with van der Waals surface area (Å²) in [7, 11) is 0. The van der Waals surface area contributed by atoms with E-state index < -0.39 is 66.7 Å². The van der Waals surface area contributed by atoms with Crippen LogP contribution in [-0.4, -0.2) is 75.6 Å². The molecule has 1 aromatic rings. The van der Waals surface area contributed by atoms with Gasteiger partial charge in [0.05, 0.1) is 6.54 Å². The number of phenols is 1. The fourth-order valence-corrected chi connectivity index (χ4v) is 2.96. The first kappa shape index (κ1) is 28.8. The number of benzene rings is 1. The number of hydrogen-bond acceptors (Lipinski definition) is 8. The van der Waals surface area contributed by atoms with E-state index >= 15 is 0 Å². The van der Waals surface area contributed by atoms with Crippen LogP contribution in [0.4, 0.5) is 0 Å². The number of carbonyl (C=O) groups is 6. The van der Waals surface area contributed by atoms with Crippen LogP contribution in [0, 0.1) is 0 Å². The summed E-state index contributed by atoms with van der Waals surface area (Å²) in [6.07, 6.45) is -1.50. The molecule has 0 aromatic heterocycles. The number of carbonyl (C=O) groups excluding carboxylic acids is 4. The van der Waals surface area contributed by atoms with Gasteiger partial charge in [-0.3, -0.25) is 24.0 Å². The fourth-order valence-electron chi connectivity index (χ4n) is 2.96. The Morgan fingerprint density at radius 1 is 0.800 bits per heavy atom. The first-order valence-electron chi connectivity index (χ1n) is 10.5. The fraction of sp³-hybridized carbons (Fsp3) is 0.429. The molecule has 35 heavy (non-hydrogen) atoms. The molecule has 0 bridgehead atoms. The van der Waals surface area contributed by atoms with Gasteiger partial charge >= 0.3 is 11.9 Å².